The predicted octanol–water partition coefficient (Wildman–Crippen LogP) is 5.14. The maximum Gasteiger partial charge on any atom is 0.187 e. The second-order valence-electron chi connectivity index (χ2n) is 7.51. The summed E-state index contributed by atoms with van der Waals surface area (Å²) in [6.07, 6.45) is 7.56. The van der Waals surface area contributed by atoms with Crippen molar-refractivity contribution in [3.63, 3.8) is 0 Å². The van der Waals surface area contributed by atoms with Crippen LogP contribution in [0, 0.1) is 0 Å². The molecular formula is C17H32N2O2SSi2. The van der Waals surface area contributed by atoms with Crippen LogP contribution in [0.25, 0.3) is 0 Å². The van der Waals surface area contributed by atoms with Crippen molar-refractivity contribution in [1.82, 2.24) is 9.97 Å². The fourth-order valence-electron chi connectivity index (χ4n) is 2.80. The molecule has 0 saturated heterocycles. The molecule has 0 fully saturated rings. The Morgan fingerprint density at radius 3 is 2.21 bits per heavy atom. The van der Waals surface area contributed by atoms with E-state index < -0.39 is 16.6 Å². The fourth-order valence-corrected chi connectivity index (χ4v) is 12.7. The Balaban J connectivity index is 2.26. The first kappa shape index (κ1) is 21.5. The predicted molar refractivity (Wildman–Crippen MR) is 108 cm³/mol. The molecule has 0 bridgehead atoms. The molecule has 0 aromatic carbocycles. The van der Waals surface area contributed by atoms with E-state index in [1.807, 2.05) is 6.07 Å². The van der Waals surface area contributed by atoms with E-state index in [0.717, 1.165) is 36.2 Å². The zero-order valence-corrected chi connectivity index (χ0v) is 18.6. The Hall–Kier alpha value is -0.506. The average Bonchev–Trinajstić information content (AvgIpc) is 2.48. The highest BCUT2D eigenvalue weighted by atomic mass is 32.2. The van der Waals surface area contributed by atoms with Crippen LogP contribution < -0.4 is 0 Å². The molecule has 0 aliphatic rings. The van der Waals surface area contributed by atoms with Gasteiger partial charge in [0.05, 0.1) is 0 Å². The van der Waals surface area contributed by atoms with Crippen molar-refractivity contribution in [2.45, 2.75) is 76.0 Å². The van der Waals surface area contributed by atoms with E-state index in [9.17, 15) is 4.79 Å². The molecule has 4 nitrogen and oxygen atoms in total. The summed E-state index contributed by atoms with van der Waals surface area (Å²) in [6, 6.07) is 4.18. The molecule has 0 radical (unpaired) electrons. The van der Waals surface area contributed by atoms with Crippen molar-refractivity contribution < 1.29 is 8.91 Å². The number of Topliss-reactive ketones (excluding diaryl/α,β-unsaturated/α-hetero) is 1. The average molecular weight is 385 g/mol. The zero-order chi connectivity index (χ0) is 18.1. The molecule has 7 heteroatoms. The maximum atomic E-state index is 11.0. The lowest BCUT2D eigenvalue weighted by atomic mass is 10.2. The van der Waals surface area contributed by atoms with E-state index in [4.69, 9.17) is 4.12 Å². The molecule has 0 unspecified atom stereocenters. The number of nitrogens with zero attached hydrogens (tertiary/aromatic N) is 2. The molecule has 0 saturated carbocycles. The normalized spacial score (nSPS) is 12.4. The summed E-state index contributed by atoms with van der Waals surface area (Å²) < 4.78 is 6.64. The van der Waals surface area contributed by atoms with Crippen LogP contribution in [0.1, 0.15) is 32.6 Å². The van der Waals surface area contributed by atoms with E-state index in [-0.39, 0.29) is 0 Å². The van der Waals surface area contributed by atoms with Gasteiger partial charge in [-0.3, -0.25) is 0 Å². The zero-order valence-electron chi connectivity index (χ0n) is 15.8. The third-order valence-corrected chi connectivity index (χ3v) is 12.3. The van der Waals surface area contributed by atoms with Crippen LogP contribution in [0.15, 0.2) is 23.6 Å². The van der Waals surface area contributed by atoms with E-state index in [2.05, 4.69) is 36.2 Å². The van der Waals surface area contributed by atoms with Gasteiger partial charge in [-0.15, -0.1) is 0 Å². The van der Waals surface area contributed by atoms with Crippen LogP contribution in [0.4, 0.5) is 0 Å². The van der Waals surface area contributed by atoms with Gasteiger partial charge in [0.25, 0.3) is 0 Å². The van der Waals surface area contributed by atoms with Gasteiger partial charge in [0, 0.05) is 24.6 Å². The molecule has 0 N–H and O–H groups in total. The van der Waals surface area contributed by atoms with Crippen molar-refractivity contribution in [1.29, 1.82) is 0 Å². The third kappa shape index (κ3) is 10.4. The molecule has 0 spiro atoms. The molecule has 0 amide bonds. The van der Waals surface area contributed by atoms with Crippen molar-refractivity contribution >= 4 is 34.2 Å². The number of thioether (sulfide) groups is 1. The number of rotatable bonds is 12. The minimum atomic E-state index is -1.62. The molecule has 0 atom stereocenters. The van der Waals surface area contributed by atoms with Gasteiger partial charge in [-0.25, -0.2) is 9.97 Å². The van der Waals surface area contributed by atoms with Crippen LogP contribution in [0.5, 0.6) is 0 Å². The van der Waals surface area contributed by atoms with Crippen LogP contribution >= 0.6 is 11.8 Å². The Bertz CT molecular complexity index is 499. The highest BCUT2D eigenvalue weighted by Gasteiger charge is 2.32. The highest BCUT2D eigenvalue weighted by molar-refractivity contribution is 7.99. The number of aromatic nitrogens is 2. The van der Waals surface area contributed by atoms with Gasteiger partial charge in [-0.05, 0) is 64.1 Å². The molecular weight excluding hydrogens is 352 g/mol. The van der Waals surface area contributed by atoms with Gasteiger partial charge in [0.1, 0.15) is 5.78 Å². The summed E-state index contributed by atoms with van der Waals surface area (Å²) >= 11 is 1.72. The molecule has 0 aliphatic carbocycles. The minimum absolute atomic E-state index is 0.296. The van der Waals surface area contributed by atoms with Crippen molar-refractivity contribution in [3.05, 3.63) is 18.5 Å². The first-order valence-corrected chi connectivity index (χ1v) is 16.0. The van der Waals surface area contributed by atoms with Crippen LogP contribution in [0.3, 0.4) is 0 Å². The van der Waals surface area contributed by atoms with E-state index >= 15 is 0 Å². The van der Waals surface area contributed by atoms with Gasteiger partial charge in [0.2, 0.25) is 0 Å². The van der Waals surface area contributed by atoms with Crippen LogP contribution in [0.2, 0.25) is 38.3 Å². The first-order valence-electron chi connectivity index (χ1n) is 8.80. The van der Waals surface area contributed by atoms with E-state index in [1.54, 1.807) is 31.1 Å². The second-order valence-corrected chi connectivity index (χ2v) is 17.4. The SMILES string of the molecule is CC(=O)CCCC[Si](C)(C)O[Si](C)(C)CCCSc1ncccn1. The maximum absolute atomic E-state index is 11.0. The quantitative estimate of drug-likeness (QED) is 0.216. The number of carbonyl (C=O) groups excluding carboxylic acids is 1. The van der Waals surface area contributed by atoms with Gasteiger partial charge in [-0.2, -0.15) is 0 Å². The van der Waals surface area contributed by atoms with Crippen LogP contribution in [-0.4, -0.2) is 38.1 Å². The monoisotopic (exact) mass is 384 g/mol. The largest absolute Gasteiger partial charge is 0.455 e. The van der Waals surface area contributed by atoms with Crippen molar-refractivity contribution in [3.8, 4) is 0 Å². The van der Waals surface area contributed by atoms with E-state index in [1.165, 1.54) is 6.04 Å². The Morgan fingerprint density at radius 2 is 1.62 bits per heavy atom. The van der Waals surface area contributed by atoms with Crippen molar-refractivity contribution in [2.24, 2.45) is 0 Å². The Morgan fingerprint density at radius 1 is 1.04 bits per heavy atom. The summed E-state index contributed by atoms with van der Waals surface area (Å²) in [6.45, 7) is 11.0. The molecule has 1 heterocycles. The Kier molecular flexibility index (Phi) is 9.40. The number of hydrogen-bond donors (Lipinski definition) is 0. The summed E-state index contributed by atoms with van der Waals surface area (Å²) in [5.74, 6) is 1.34. The van der Waals surface area contributed by atoms with Crippen molar-refractivity contribution in [2.75, 3.05) is 5.75 Å². The van der Waals surface area contributed by atoms with Gasteiger partial charge in [0.15, 0.2) is 21.8 Å². The summed E-state index contributed by atoms with van der Waals surface area (Å²) in [4.78, 5) is 19.5. The summed E-state index contributed by atoms with van der Waals surface area (Å²) in [5, 5.41) is 0.859. The lowest BCUT2D eigenvalue weighted by Gasteiger charge is -2.34. The standard InChI is InChI=1S/C17H32N2O2SSi2/c1-16(20)10-6-7-14-23(2,3)21-24(4,5)15-9-13-22-17-18-11-8-12-19-17/h8,11-12H,6-7,9-10,13-15H2,1-5H3. The molecule has 24 heavy (non-hydrogen) atoms. The summed E-state index contributed by atoms with van der Waals surface area (Å²) in [5.41, 5.74) is 0. The van der Waals surface area contributed by atoms with Gasteiger partial charge >= 0.3 is 0 Å². The number of hydrogen-bond acceptors (Lipinski definition) is 5. The first-order chi connectivity index (χ1) is 11.2. The topological polar surface area (TPSA) is 52.1 Å². The molecule has 1 aromatic heterocycles. The lowest BCUT2D eigenvalue weighted by Crippen LogP contribution is -2.44. The molecule has 1 aromatic rings. The van der Waals surface area contributed by atoms with Crippen LogP contribution in [-0.2, 0) is 8.91 Å². The van der Waals surface area contributed by atoms with Gasteiger partial charge < -0.3 is 8.91 Å². The fraction of sp³-hybridized carbons (Fsp3) is 0.706. The Labute approximate surface area is 153 Å². The third-order valence-electron chi connectivity index (χ3n) is 3.81. The van der Waals surface area contributed by atoms with E-state index in [0.29, 0.717) is 12.2 Å². The number of unbranched alkanes of at least 4 members (excludes halogenated alkanes) is 1. The lowest BCUT2D eigenvalue weighted by molar-refractivity contribution is -0.117. The second kappa shape index (κ2) is 10.5. The minimum Gasteiger partial charge on any atom is -0.455 e. The van der Waals surface area contributed by atoms with Gasteiger partial charge in [-0.1, -0.05) is 18.2 Å². The number of ketones is 1. The summed E-state index contributed by atoms with van der Waals surface area (Å²) in [7, 11) is -3.23. The molecule has 1 rings (SSSR count). The smallest absolute Gasteiger partial charge is 0.187 e. The number of carbonyl (C=O) groups is 1. The highest BCUT2D eigenvalue weighted by Crippen LogP contribution is 2.25. The molecule has 0 aliphatic heterocycles. The molecule has 136 valence electrons.